The van der Waals surface area contributed by atoms with Gasteiger partial charge in [0.15, 0.2) is 0 Å². The van der Waals surface area contributed by atoms with E-state index in [9.17, 15) is 13.2 Å². The molecule has 1 aliphatic heterocycles. The van der Waals surface area contributed by atoms with E-state index in [4.69, 9.17) is 0 Å². The van der Waals surface area contributed by atoms with Crippen molar-refractivity contribution >= 4 is 21.7 Å². The van der Waals surface area contributed by atoms with Crippen molar-refractivity contribution < 1.29 is 13.2 Å². The number of imidazole rings is 1. The molecule has 4 rings (SSSR count). The highest BCUT2D eigenvalue weighted by molar-refractivity contribution is 7.89. The smallest absolute Gasteiger partial charge is 0.256 e. The lowest BCUT2D eigenvalue weighted by atomic mass is 9.98. The highest BCUT2D eigenvalue weighted by Crippen LogP contribution is 2.29. The fourth-order valence-corrected chi connectivity index (χ4v) is 4.89. The van der Waals surface area contributed by atoms with Crippen LogP contribution in [0.2, 0.25) is 0 Å². The number of rotatable bonds is 5. The molecule has 3 aromatic rings. The number of nitrogens with one attached hydrogen (secondary N) is 2. The van der Waals surface area contributed by atoms with Gasteiger partial charge in [0, 0.05) is 43.2 Å². The molecule has 150 valence electrons. The number of aromatic amines is 1. The summed E-state index contributed by atoms with van der Waals surface area (Å²) in [6, 6.07) is 11.2. The summed E-state index contributed by atoms with van der Waals surface area (Å²) in [5, 5.41) is 2.68. The van der Waals surface area contributed by atoms with Crippen molar-refractivity contribution in [3.8, 4) is 0 Å². The number of sulfonamides is 1. The fraction of sp³-hybridized carbons (Fsp3) is 0.250. The first-order chi connectivity index (χ1) is 14.0. The Morgan fingerprint density at radius 1 is 1.03 bits per heavy atom. The van der Waals surface area contributed by atoms with Crippen molar-refractivity contribution in [3.05, 3.63) is 72.4 Å². The molecule has 0 unspecified atom stereocenters. The molecule has 1 aliphatic rings. The quantitative estimate of drug-likeness (QED) is 0.671. The molecule has 1 amide bonds. The molecule has 3 heterocycles. The summed E-state index contributed by atoms with van der Waals surface area (Å²) in [5.41, 5.74) is 0.367. The predicted molar refractivity (Wildman–Crippen MR) is 108 cm³/mol. The van der Waals surface area contributed by atoms with Gasteiger partial charge in [-0.05, 0) is 49.2 Å². The van der Waals surface area contributed by atoms with Gasteiger partial charge in [-0.25, -0.2) is 18.4 Å². The number of hydrogen-bond donors (Lipinski definition) is 2. The van der Waals surface area contributed by atoms with E-state index in [1.54, 1.807) is 36.8 Å². The Morgan fingerprint density at radius 3 is 2.41 bits per heavy atom. The second kappa shape index (κ2) is 8.14. The van der Waals surface area contributed by atoms with Crippen molar-refractivity contribution in [1.82, 2.24) is 19.3 Å². The van der Waals surface area contributed by atoms with Gasteiger partial charge in [-0.2, -0.15) is 4.31 Å². The van der Waals surface area contributed by atoms with Gasteiger partial charge in [-0.1, -0.05) is 6.07 Å². The number of H-pyrrole nitrogens is 1. The fourth-order valence-electron chi connectivity index (χ4n) is 3.42. The van der Waals surface area contributed by atoms with Crippen LogP contribution in [0, 0.1) is 0 Å². The van der Waals surface area contributed by atoms with E-state index in [0.717, 1.165) is 18.7 Å². The number of aromatic nitrogens is 3. The molecule has 0 spiro atoms. The standard InChI is InChI=1S/C20H21N5O3S/c26-20(24-18-3-1-2-10-21-18)16-4-6-17(7-5-16)29(27,28)25-13-8-15(9-14-25)19-22-11-12-23-19/h1-7,10-12,15H,8-9,13-14H2,(H,22,23)(H,21,24,26). The first kappa shape index (κ1) is 19.3. The number of amides is 1. The topological polar surface area (TPSA) is 108 Å². The van der Waals surface area contributed by atoms with E-state index in [-0.39, 0.29) is 16.7 Å². The van der Waals surface area contributed by atoms with Crippen LogP contribution < -0.4 is 5.32 Å². The molecule has 29 heavy (non-hydrogen) atoms. The van der Waals surface area contributed by atoms with Crippen LogP contribution in [0.4, 0.5) is 5.82 Å². The third-order valence-electron chi connectivity index (χ3n) is 5.02. The third kappa shape index (κ3) is 4.20. The number of carbonyl (C=O) groups excluding carboxylic acids is 1. The van der Waals surface area contributed by atoms with Crippen molar-refractivity contribution in [2.75, 3.05) is 18.4 Å². The van der Waals surface area contributed by atoms with Gasteiger partial charge >= 0.3 is 0 Å². The normalized spacial score (nSPS) is 15.9. The van der Waals surface area contributed by atoms with Crippen LogP contribution in [0.5, 0.6) is 0 Å². The van der Waals surface area contributed by atoms with Crippen molar-refractivity contribution in [2.24, 2.45) is 0 Å². The molecule has 1 aromatic carbocycles. The van der Waals surface area contributed by atoms with Gasteiger partial charge in [-0.3, -0.25) is 4.79 Å². The van der Waals surface area contributed by atoms with Gasteiger partial charge in [0.05, 0.1) is 4.90 Å². The predicted octanol–water partition coefficient (Wildman–Crippen LogP) is 2.63. The Balaban J connectivity index is 1.42. The lowest BCUT2D eigenvalue weighted by molar-refractivity contribution is 0.102. The summed E-state index contributed by atoms with van der Waals surface area (Å²) in [6.07, 6.45) is 6.52. The second-order valence-electron chi connectivity index (χ2n) is 6.85. The molecule has 1 saturated heterocycles. The average Bonchev–Trinajstić information content (AvgIpc) is 3.30. The number of carbonyl (C=O) groups is 1. The summed E-state index contributed by atoms with van der Waals surface area (Å²) >= 11 is 0. The lowest BCUT2D eigenvalue weighted by Gasteiger charge is -2.30. The molecule has 0 radical (unpaired) electrons. The SMILES string of the molecule is O=C(Nc1ccccn1)c1ccc(S(=O)(=O)N2CCC(c3ncc[nH]3)CC2)cc1. The minimum Gasteiger partial charge on any atom is -0.348 e. The number of piperidine rings is 1. The van der Waals surface area contributed by atoms with Crippen LogP contribution in [-0.4, -0.2) is 46.7 Å². The van der Waals surface area contributed by atoms with E-state index in [1.165, 1.54) is 28.6 Å². The van der Waals surface area contributed by atoms with Crippen molar-refractivity contribution in [2.45, 2.75) is 23.7 Å². The average molecular weight is 411 g/mol. The van der Waals surface area contributed by atoms with Gasteiger partial charge < -0.3 is 10.3 Å². The number of benzene rings is 1. The lowest BCUT2D eigenvalue weighted by Crippen LogP contribution is -2.38. The molecule has 1 fully saturated rings. The minimum atomic E-state index is -3.60. The molecule has 0 saturated carbocycles. The molecular formula is C20H21N5O3S. The summed E-state index contributed by atoms with van der Waals surface area (Å²) in [5.74, 6) is 1.25. The monoisotopic (exact) mass is 411 g/mol. The van der Waals surface area contributed by atoms with Crippen LogP contribution in [0.15, 0.2) is 66.0 Å². The van der Waals surface area contributed by atoms with Crippen molar-refractivity contribution in [1.29, 1.82) is 0 Å². The van der Waals surface area contributed by atoms with Crippen LogP contribution in [0.3, 0.4) is 0 Å². The zero-order valence-corrected chi connectivity index (χ0v) is 16.5. The van der Waals surface area contributed by atoms with Crippen molar-refractivity contribution in [3.63, 3.8) is 0 Å². The maximum Gasteiger partial charge on any atom is 0.256 e. The summed E-state index contributed by atoms with van der Waals surface area (Å²) in [6.45, 7) is 0.880. The highest BCUT2D eigenvalue weighted by atomic mass is 32.2. The van der Waals surface area contributed by atoms with Gasteiger partial charge in [0.25, 0.3) is 5.91 Å². The number of anilines is 1. The zero-order valence-electron chi connectivity index (χ0n) is 15.7. The zero-order chi connectivity index (χ0) is 20.3. The van der Waals surface area contributed by atoms with Gasteiger partial charge in [-0.15, -0.1) is 0 Å². The Morgan fingerprint density at radius 2 is 1.79 bits per heavy atom. The van der Waals surface area contributed by atoms with Crippen LogP contribution in [-0.2, 0) is 10.0 Å². The summed E-state index contributed by atoms with van der Waals surface area (Å²) < 4.78 is 27.4. The summed E-state index contributed by atoms with van der Waals surface area (Å²) in [4.78, 5) is 23.9. The molecule has 0 atom stereocenters. The Kier molecular flexibility index (Phi) is 5.41. The van der Waals surface area contributed by atoms with Gasteiger partial charge in [0.2, 0.25) is 10.0 Å². The Hall–Kier alpha value is -3.04. The van der Waals surface area contributed by atoms with Gasteiger partial charge in [0.1, 0.15) is 11.6 Å². The Labute approximate surface area is 169 Å². The first-order valence-electron chi connectivity index (χ1n) is 9.36. The second-order valence-corrected chi connectivity index (χ2v) is 8.78. The largest absolute Gasteiger partial charge is 0.348 e. The van der Waals surface area contributed by atoms with E-state index < -0.39 is 10.0 Å². The minimum absolute atomic E-state index is 0.184. The van der Waals surface area contributed by atoms with Crippen LogP contribution >= 0.6 is 0 Å². The molecule has 2 aromatic heterocycles. The first-order valence-corrected chi connectivity index (χ1v) is 10.8. The van der Waals surface area contributed by atoms with E-state index in [2.05, 4.69) is 20.3 Å². The maximum absolute atomic E-state index is 12.9. The molecule has 2 N–H and O–H groups in total. The number of pyridine rings is 1. The van der Waals surface area contributed by atoms with E-state index >= 15 is 0 Å². The highest BCUT2D eigenvalue weighted by Gasteiger charge is 2.30. The van der Waals surface area contributed by atoms with E-state index in [1.807, 2.05) is 0 Å². The maximum atomic E-state index is 12.9. The third-order valence-corrected chi connectivity index (χ3v) is 6.93. The molecule has 9 heteroatoms. The molecular weight excluding hydrogens is 390 g/mol. The molecule has 0 bridgehead atoms. The number of hydrogen-bond acceptors (Lipinski definition) is 5. The summed E-state index contributed by atoms with van der Waals surface area (Å²) in [7, 11) is -3.60. The molecule has 8 nitrogen and oxygen atoms in total. The van der Waals surface area contributed by atoms with Crippen LogP contribution in [0.25, 0.3) is 0 Å². The van der Waals surface area contributed by atoms with Crippen LogP contribution in [0.1, 0.15) is 34.9 Å². The Bertz CT molecular complexity index is 1060. The number of nitrogens with zero attached hydrogens (tertiary/aromatic N) is 3. The molecule has 0 aliphatic carbocycles. The van der Waals surface area contributed by atoms with E-state index in [0.29, 0.717) is 24.5 Å².